The van der Waals surface area contributed by atoms with E-state index in [-0.39, 0.29) is 0 Å². The summed E-state index contributed by atoms with van der Waals surface area (Å²) in [6.07, 6.45) is 4.85. The molecule has 0 aliphatic rings. The van der Waals surface area contributed by atoms with E-state index in [2.05, 4.69) is 22.5 Å². The van der Waals surface area contributed by atoms with Crippen LogP contribution in [0.1, 0.15) is 45.1 Å². The highest BCUT2D eigenvalue weighted by atomic mass is 32.2. The number of sulfonamides is 1. The third-order valence-electron chi connectivity index (χ3n) is 3.79. The molecule has 142 valence electrons. The highest BCUT2D eigenvalue weighted by Gasteiger charge is 2.16. The lowest BCUT2D eigenvalue weighted by atomic mass is 10.2. The lowest BCUT2D eigenvalue weighted by molar-refractivity contribution is 0.520. The summed E-state index contributed by atoms with van der Waals surface area (Å²) in [6, 6.07) is 6.88. The second-order valence-corrected chi connectivity index (χ2v) is 8.27. The van der Waals surface area contributed by atoms with E-state index in [1.165, 1.54) is 37.7 Å². The predicted octanol–water partition coefficient (Wildman–Crippen LogP) is 2.57. The number of guanidine groups is 1. The second kappa shape index (κ2) is 11.1. The molecule has 0 bridgehead atoms. The van der Waals surface area contributed by atoms with E-state index in [0.717, 1.165) is 31.0 Å². The van der Waals surface area contributed by atoms with Crippen LogP contribution in [0.4, 0.5) is 0 Å². The molecule has 0 heterocycles. The number of aliphatic imine (C=N–C) groups is 1. The Morgan fingerprint density at radius 3 is 2.28 bits per heavy atom. The molecule has 0 atom stereocenters. The molecule has 0 spiro atoms. The topological polar surface area (TPSA) is 73.8 Å². The summed E-state index contributed by atoms with van der Waals surface area (Å²) in [4.78, 5) is 4.86. The van der Waals surface area contributed by atoms with Gasteiger partial charge in [-0.2, -0.15) is 0 Å². The van der Waals surface area contributed by atoms with Gasteiger partial charge in [-0.25, -0.2) is 17.7 Å². The van der Waals surface area contributed by atoms with Crippen LogP contribution < -0.4 is 10.6 Å². The molecule has 7 heteroatoms. The van der Waals surface area contributed by atoms with Gasteiger partial charge < -0.3 is 10.6 Å². The maximum absolute atomic E-state index is 12.1. The van der Waals surface area contributed by atoms with Crippen molar-refractivity contribution in [1.82, 2.24) is 14.9 Å². The molecule has 0 saturated carbocycles. The van der Waals surface area contributed by atoms with Gasteiger partial charge in [-0.05, 0) is 31.0 Å². The summed E-state index contributed by atoms with van der Waals surface area (Å²) in [5.74, 6) is 0.795. The third-order valence-corrected chi connectivity index (χ3v) is 5.62. The van der Waals surface area contributed by atoms with Crippen molar-refractivity contribution < 1.29 is 8.42 Å². The first kappa shape index (κ1) is 21.4. The van der Waals surface area contributed by atoms with Gasteiger partial charge in [-0.3, -0.25) is 0 Å². The molecule has 0 saturated heterocycles. The number of unbranched alkanes of at least 4 members (excludes halogenated alkanes) is 3. The third kappa shape index (κ3) is 7.44. The minimum atomic E-state index is -3.38. The first-order valence-corrected chi connectivity index (χ1v) is 10.4. The average Bonchev–Trinajstić information content (AvgIpc) is 2.59. The lowest BCUT2D eigenvalue weighted by Gasteiger charge is -2.12. The standard InChI is InChI=1S/C18H32N4O2S/c1-5-7-8-9-14-20-18(19-6-2)21-15-16-10-12-17(13-11-16)25(23,24)22(3)4/h10-13H,5-9,14-15H2,1-4H3,(H2,19,20,21). The maximum Gasteiger partial charge on any atom is 0.242 e. The molecule has 0 fully saturated rings. The number of benzene rings is 1. The zero-order chi connectivity index (χ0) is 18.7. The van der Waals surface area contributed by atoms with Gasteiger partial charge in [0.1, 0.15) is 0 Å². The lowest BCUT2D eigenvalue weighted by Crippen LogP contribution is -2.37. The summed E-state index contributed by atoms with van der Waals surface area (Å²) in [5, 5.41) is 6.57. The highest BCUT2D eigenvalue weighted by molar-refractivity contribution is 7.89. The van der Waals surface area contributed by atoms with Crippen molar-refractivity contribution in [1.29, 1.82) is 0 Å². The van der Waals surface area contributed by atoms with Crippen LogP contribution in [-0.4, -0.2) is 45.9 Å². The fourth-order valence-electron chi connectivity index (χ4n) is 2.25. The second-order valence-electron chi connectivity index (χ2n) is 6.11. The zero-order valence-corrected chi connectivity index (χ0v) is 16.7. The molecule has 1 aromatic rings. The zero-order valence-electron chi connectivity index (χ0n) is 15.9. The van der Waals surface area contributed by atoms with Crippen molar-refractivity contribution in [3.63, 3.8) is 0 Å². The quantitative estimate of drug-likeness (QED) is 0.378. The van der Waals surface area contributed by atoms with E-state index in [0.29, 0.717) is 11.4 Å². The Morgan fingerprint density at radius 1 is 1.04 bits per heavy atom. The predicted molar refractivity (Wildman–Crippen MR) is 104 cm³/mol. The Hall–Kier alpha value is -1.60. The number of hydrogen-bond acceptors (Lipinski definition) is 3. The summed E-state index contributed by atoms with van der Waals surface area (Å²) < 4.78 is 25.3. The number of nitrogens with one attached hydrogen (secondary N) is 2. The summed E-state index contributed by atoms with van der Waals surface area (Å²) >= 11 is 0. The maximum atomic E-state index is 12.1. The van der Waals surface area contributed by atoms with Crippen LogP contribution in [0.15, 0.2) is 34.2 Å². The first-order chi connectivity index (χ1) is 11.9. The molecule has 0 aliphatic heterocycles. The average molecular weight is 369 g/mol. The van der Waals surface area contributed by atoms with Crippen LogP contribution >= 0.6 is 0 Å². The molecule has 2 N–H and O–H groups in total. The van der Waals surface area contributed by atoms with Crippen molar-refractivity contribution in [3.05, 3.63) is 29.8 Å². The van der Waals surface area contributed by atoms with Gasteiger partial charge in [0.05, 0.1) is 11.4 Å². The Bertz CT molecular complexity index is 625. The molecule has 0 amide bonds. The van der Waals surface area contributed by atoms with Gasteiger partial charge in [0.2, 0.25) is 10.0 Å². The summed E-state index contributed by atoms with van der Waals surface area (Å²) in [6.45, 7) is 6.46. The first-order valence-electron chi connectivity index (χ1n) is 8.95. The van der Waals surface area contributed by atoms with Gasteiger partial charge >= 0.3 is 0 Å². The van der Waals surface area contributed by atoms with Crippen molar-refractivity contribution >= 4 is 16.0 Å². The smallest absolute Gasteiger partial charge is 0.242 e. The van der Waals surface area contributed by atoms with Crippen molar-refractivity contribution in [2.24, 2.45) is 4.99 Å². The largest absolute Gasteiger partial charge is 0.357 e. The van der Waals surface area contributed by atoms with Crippen molar-refractivity contribution in [3.8, 4) is 0 Å². The Morgan fingerprint density at radius 2 is 1.72 bits per heavy atom. The van der Waals surface area contributed by atoms with Gasteiger partial charge in [0.25, 0.3) is 0 Å². The summed E-state index contributed by atoms with van der Waals surface area (Å²) in [7, 11) is -0.320. The minimum absolute atomic E-state index is 0.297. The molecule has 6 nitrogen and oxygen atoms in total. The Labute approximate surface area is 152 Å². The van der Waals surface area contributed by atoms with Gasteiger partial charge in [0.15, 0.2) is 5.96 Å². The van der Waals surface area contributed by atoms with Gasteiger partial charge in [-0.15, -0.1) is 0 Å². The molecule has 25 heavy (non-hydrogen) atoms. The minimum Gasteiger partial charge on any atom is -0.357 e. The number of nitrogens with zero attached hydrogens (tertiary/aromatic N) is 2. The van der Waals surface area contributed by atoms with E-state index in [1.807, 2.05) is 19.1 Å². The van der Waals surface area contributed by atoms with Crippen LogP contribution in [0.5, 0.6) is 0 Å². The molecule has 0 aliphatic carbocycles. The molecule has 0 unspecified atom stereocenters. The van der Waals surface area contributed by atoms with E-state index in [9.17, 15) is 8.42 Å². The van der Waals surface area contributed by atoms with E-state index in [4.69, 9.17) is 0 Å². The van der Waals surface area contributed by atoms with Crippen LogP contribution in [0.2, 0.25) is 0 Å². The van der Waals surface area contributed by atoms with Crippen molar-refractivity contribution in [2.75, 3.05) is 27.2 Å². The van der Waals surface area contributed by atoms with Crippen molar-refractivity contribution in [2.45, 2.75) is 51.0 Å². The summed E-state index contributed by atoms with van der Waals surface area (Å²) in [5.41, 5.74) is 0.973. The fraction of sp³-hybridized carbons (Fsp3) is 0.611. The van der Waals surface area contributed by atoms with E-state index in [1.54, 1.807) is 12.1 Å². The Kier molecular flexibility index (Phi) is 9.52. The molecule has 1 aromatic carbocycles. The molecule has 1 rings (SSSR count). The monoisotopic (exact) mass is 368 g/mol. The van der Waals surface area contributed by atoms with E-state index < -0.39 is 10.0 Å². The molecule has 0 aromatic heterocycles. The highest BCUT2D eigenvalue weighted by Crippen LogP contribution is 2.14. The number of hydrogen-bond donors (Lipinski definition) is 2. The van der Waals surface area contributed by atoms with Crippen LogP contribution in [-0.2, 0) is 16.6 Å². The van der Waals surface area contributed by atoms with Crippen LogP contribution in [0.25, 0.3) is 0 Å². The normalized spacial score (nSPS) is 12.4. The SMILES string of the molecule is CCCCCCNC(=NCc1ccc(S(=O)(=O)N(C)C)cc1)NCC. The number of rotatable bonds is 10. The van der Waals surface area contributed by atoms with Crippen LogP contribution in [0.3, 0.4) is 0 Å². The fourth-order valence-corrected chi connectivity index (χ4v) is 3.15. The molecule has 0 radical (unpaired) electrons. The van der Waals surface area contributed by atoms with Gasteiger partial charge in [-0.1, -0.05) is 38.3 Å². The van der Waals surface area contributed by atoms with Crippen LogP contribution in [0, 0.1) is 0 Å². The Balaban J connectivity index is 2.63. The molecular weight excluding hydrogens is 336 g/mol. The van der Waals surface area contributed by atoms with E-state index >= 15 is 0 Å². The molecular formula is C18H32N4O2S. The van der Waals surface area contributed by atoms with Gasteiger partial charge in [0, 0.05) is 27.2 Å².